The van der Waals surface area contributed by atoms with E-state index in [1.165, 1.54) is 14.0 Å². The Morgan fingerprint density at radius 1 is 1.33 bits per heavy atom. The van der Waals surface area contributed by atoms with Crippen LogP contribution in [0.25, 0.3) is 0 Å². The molecule has 0 fully saturated rings. The van der Waals surface area contributed by atoms with Crippen LogP contribution < -0.4 is 10.2 Å². The first-order valence-corrected chi connectivity index (χ1v) is 10.1. The molecule has 0 unspecified atom stereocenters. The number of nitrogens with one attached hydrogen (secondary N) is 1. The molecule has 1 aromatic heterocycles. The number of hydrogen-bond donors (Lipinski definition) is 1. The van der Waals surface area contributed by atoms with Gasteiger partial charge >= 0.3 is 5.97 Å². The van der Waals surface area contributed by atoms with Crippen LogP contribution in [-0.2, 0) is 14.3 Å². The Balaban J connectivity index is 2.42. The highest BCUT2D eigenvalue weighted by Crippen LogP contribution is 2.36. The van der Waals surface area contributed by atoms with Gasteiger partial charge < -0.3 is 15.0 Å². The zero-order valence-electron chi connectivity index (χ0n) is 17.6. The number of amides is 1. The number of azo groups is 1. The lowest BCUT2D eigenvalue weighted by atomic mass is 10.1. The van der Waals surface area contributed by atoms with Crippen molar-refractivity contribution in [3.63, 3.8) is 0 Å². The van der Waals surface area contributed by atoms with Crippen LogP contribution in [0.2, 0.25) is 0 Å². The van der Waals surface area contributed by atoms with Crippen molar-refractivity contribution in [2.24, 2.45) is 10.2 Å². The van der Waals surface area contributed by atoms with Gasteiger partial charge in [-0.2, -0.15) is 9.64 Å². The van der Waals surface area contributed by atoms with E-state index in [-0.39, 0.29) is 18.3 Å². The number of benzene rings is 1. The second-order valence-electron chi connectivity index (χ2n) is 6.50. The highest BCUT2D eigenvalue weighted by atomic mass is 32.1. The van der Waals surface area contributed by atoms with E-state index < -0.39 is 0 Å². The molecule has 2 aromatic rings. The second-order valence-corrected chi connectivity index (χ2v) is 7.25. The lowest BCUT2D eigenvalue weighted by molar-refractivity contribution is -0.140. The summed E-state index contributed by atoms with van der Waals surface area (Å²) in [4.78, 5) is 25.3. The van der Waals surface area contributed by atoms with Crippen molar-refractivity contribution < 1.29 is 14.3 Å². The van der Waals surface area contributed by atoms with Gasteiger partial charge in [0, 0.05) is 25.7 Å². The van der Waals surface area contributed by atoms with E-state index in [1.54, 1.807) is 6.92 Å². The largest absolute Gasteiger partial charge is 0.469 e. The molecule has 0 saturated heterocycles. The van der Waals surface area contributed by atoms with Crippen LogP contribution in [0, 0.1) is 25.2 Å². The molecule has 1 N–H and O–H groups in total. The van der Waals surface area contributed by atoms with Crippen molar-refractivity contribution in [2.45, 2.75) is 34.1 Å². The lowest BCUT2D eigenvalue weighted by Crippen LogP contribution is -2.27. The Kier molecular flexibility index (Phi) is 8.00. The quantitative estimate of drug-likeness (QED) is 0.492. The molecule has 1 aromatic carbocycles. The summed E-state index contributed by atoms with van der Waals surface area (Å²) in [5.41, 5.74) is 3.72. The zero-order valence-corrected chi connectivity index (χ0v) is 18.5. The van der Waals surface area contributed by atoms with Crippen molar-refractivity contribution in [3.05, 3.63) is 29.0 Å². The number of ether oxygens (including phenoxy) is 1. The molecule has 1 heterocycles. The highest BCUT2D eigenvalue weighted by molar-refractivity contribution is 7.10. The van der Waals surface area contributed by atoms with Crippen molar-refractivity contribution in [1.29, 1.82) is 5.26 Å². The van der Waals surface area contributed by atoms with Gasteiger partial charge in [-0.15, -0.1) is 10.2 Å². The Hall–Kier alpha value is -3.32. The summed E-state index contributed by atoms with van der Waals surface area (Å²) in [7, 11) is 1.36. The van der Waals surface area contributed by atoms with Gasteiger partial charge in [0.25, 0.3) is 0 Å². The van der Waals surface area contributed by atoms with Crippen LogP contribution in [0.4, 0.5) is 22.1 Å². The molecule has 0 bridgehead atoms. The van der Waals surface area contributed by atoms with Crippen LogP contribution in [0.15, 0.2) is 22.4 Å². The van der Waals surface area contributed by atoms with Crippen LogP contribution in [-0.4, -0.2) is 36.4 Å². The van der Waals surface area contributed by atoms with Crippen LogP contribution >= 0.6 is 11.5 Å². The van der Waals surface area contributed by atoms with E-state index in [9.17, 15) is 14.9 Å². The third kappa shape index (κ3) is 5.61. The van der Waals surface area contributed by atoms with Crippen molar-refractivity contribution >= 4 is 45.5 Å². The maximum absolute atomic E-state index is 11.7. The lowest BCUT2D eigenvalue weighted by Gasteiger charge is -2.25. The van der Waals surface area contributed by atoms with Crippen molar-refractivity contribution in [1.82, 2.24) is 4.37 Å². The molecule has 0 atom stereocenters. The number of aromatic nitrogens is 1. The molecule has 2 rings (SSSR count). The summed E-state index contributed by atoms with van der Waals surface area (Å²) in [5.74, 6) is -0.531. The third-order valence-corrected chi connectivity index (χ3v) is 5.19. The number of carbonyl (C=O) groups is 2. The molecular formula is C20H24N6O3S. The van der Waals surface area contributed by atoms with E-state index in [1.807, 2.05) is 30.9 Å². The van der Waals surface area contributed by atoms with Gasteiger partial charge in [0.2, 0.25) is 5.91 Å². The standard InChI is InChI=1S/C20H24N6O3S/c1-6-26(8-7-19(28)29-5)18-10-16(22-14(4)27)17(9-12(18)2)23-24-20-15(11-21)13(3)25-30-20/h9-10H,6-8H2,1-5H3,(H,22,27). The number of methoxy groups -OCH3 is 1. The van der Waals surface area contributed by atoms with Gasteiger partial charge in [-0.1, -0.05) is 0 Å². The first kappa shape index (κ1) is 23.0. The van der Waals surface area contributed by atoms with Crippen molar-refractivity contribution in [2.75, 3.05) is 30.4 Å². The fourth-order valence-electron chi connectivity index (χ4n) is 2.83. The monoisotopic (exact) mass is 428 g/mol. The summed E-state index contributed by atoms with van der Waals surface area (Å²) < 4.78 is 8.85. The Labute approximate surface area is 179 Å². The number of carbonyl (C=O) groups excluding carboxylic acids is 2. The van der Waals surface area contributed by atoms with Gasteiger partial charge in [-0.3, -0.25) is 9.59 Å². The van der Waals surface area contributed by atoms with Crippen LogP contribution in [0.5, 0.6) is 0 Å². The minimum atomic E-state index is -0.285. The molecule has 9 nitrogen and oxygen atoms in total. The summed E-state index contributed by atoms with van der Waals surface area (Å²) in [5, 5.41) is 20.9. The van der Waals surface area contributed by atoms with Crippen LogP contribution in [0.1, 0.15) is 37.1 Å². The van der Waals surface area contributed by atoms with Gasteiger partial charge in [0.1, 0.15) is 17.3 Å². The number of nitriles is 1. The predicted molar refractivity (Wildman–Crippen MR) is 116 cm³/mol. The van der Waals surface area contributed by atoms with Gasteiger partial charge in [-0.25, -0.2) is 0 Å². The SMILES string of the molecule is CCN(CCC(=O)OC)c1cc(NC(C)=O)c(N=Nc2snc(C)c2C#N)cc1C. The molecule has 1 amide bonds. The molecule has 158 valence electrons. The van der Waals surface area contributed by atoms with E-state index in [4.69, 9.17) is 4.74 Å². The summed E-state index contributed by atoms with van der Waals surface area (Å²) in [6.07, 6.45) is 0.252. The average molecular weight is 429 g/mol. The highest BCUT2D eigenvalue weighted by Gasteiger charge is 2.15. The summed E-state index contributed by atoms with van der Waals surface area (Å²) >= 11 is 1.09. The number of esters is 1. The predicted octanol–water partition coefficient (Wildman–Crippen LogP) is 4.39. The smallest absolute Gasteiger partial charge is 0.307 e. The second kappa shape index (κ2) is 10.5. The molecule has 0 aliphatic heterocycles. The van der Waals surface area contributed by atoms with E-state index in [2.05, 4.69) is 26.0 Å². The van der Waals surface area contributed by atoms with E-state index in [0.717, 1.165) is 22.8 Å². The van der Waals surface area contributed by atoms with E-state index in [0.29, 0.717) is 40.7 Å². The molecule has 0 aliphatic carbocycles. The Bertz CT molecular complexity index is 1010. The number of aryl methyl sites for hydroxylation is 2. The normalized spacial score (nSPS) is 10.7. The number of hydrogen-bond acceptors (Lipinski definition) is 9. The molecule has 0 spiro atoms. The number of rotatable bonds is 8. The molecule has 0 aliphatic rings. The first-order chi connectivity index (χ1) is 14.3. The fourth-order valence-corrected chi connectivity index (χ4v) is 3.50. The number of anilines is 2. The maximum Gasteiger partial charge on any atom is 0.307 e. The third-order valence-electron chi connectivity index (χ3n) is 4.37. The van der Waals surface area contributed by atoms with E-state index >= 15 is 0 Å². The molecule has 0 saturated carbocycles. The minimum Gasteiger partial charge on any atom is -0.469 e. The first-order valence-electron chi connectivity index (χ1n) is 9.32. The van der Waals surface area contributed by atoms with Crippen molar-refractivity contribution in [3.8, 4) is 6.07 Å². The molecule has 30 heavy (non-hydrogen) atoms. The zero-order chi connectivity index (χ0) is 22.3. The fraction of sp³-hybridized carbons (Fsp3) is 0.400. The molecule has 0 radical (unpaired) electrons. The van der Waals surface area contributed by atoms with Gasteiger partial charge in [0.05, 0.1) is 24.9 Å². The minimum absolute atomic E-state index is 0.245. The Morgan fingerprint density at radius 2 is 2.07 bits per heavy atom. The molecule has 10 heteroatoms. The molecular weight excluding hydrogens is 404 g/mol. The van der Waals surface area contributed by atoms with Gasteiger partial charge in [-0.05, 0) is 50.0 Å². The maximum atomic E-state index is 11.7. The summed E-state index contributed by atoms with van der Waals surface area (Å²) in [6, 6.07) is 5.70. The van der Waals surface area contributed by atoms with Gasteiger partial charge in [0.15, 0.2) is 5.00 Å². The summed E-state index contributed by atoms with van der Waals surface area (Å²) in [6.45, 7) is 8.21. The average Bonchev–Trinajstić information content (AvgIpc) is 3.07. The van der Waals surface area contributed by atoms with Crippen LogP contribution in [0.3, 0.4) is 0 Å². The topological polar surface area (TPSA) is 120 Å². The number of nitrogens with zero attached hydrogens (tertiary/aromatic N) is 5. The Morgan fingerprint density at radius 3 is 2.67 bits per heavy atom.